The van der Waals surface area contributed by atoms with E-state index in [1.807, 2.05) is 39.0 Å². The zero-order valence-corrected chi connectivity index (χ0v) is 34.2. The minimum absolute atomic E-state index is 0.00222. The highest BCUT2D eigenvalue weighted by molar-refractivity contribution is 7.16. The number of halogens is 2. The summed E-state index contributed by atoms with van der Waals surface area (Å²) in [6, 6.07) is 16.7. The lowest BCUT2D eigenvalue weighted by atomic mass is 10.1. The van der Waals surface area contributed by atoms with E-state index in [0.29, 0.717) is 53.8 Å². The van der Waals surface area contributed by atoms with Crippen LogP contribution in [0, 0.1) is 0 Å². The maximum Gasteiger partial charge on any atom is 0.308 e. The number of hydrogen-bond donors (Lipinski definition) is 7. The molecule has 1 unspecified atom stereocenters. The van der Waals surface area contributed by atoms with Crippen LogP contribution < -0.4 is 15.5 Å². The van der Waals surface area contributed by atoms with Gasteiger partial charge in [0.2, 0.25) is 5.91 Å². The van der Waals surface area contributed by atoms with Gasteiger partial charge in [-0.25, -0.2) is 0 Å². The first-order valence-corrected chi connectivity index (χ1v) is 19.4. The summed E-state index contributed by atoms with van der Waals surface area (Å²) < 4.78 is 2.33. The van der Waals surface area contributed by atoms with Crippen molar-refractivity contribution in [1.29, 1.82) is 0 Å². The Morgan fingerprint density at radius 2 is 1.41 bits per heavy atom. The molecule has 0 aliphatic carbocycles. The number of β-amino-alcohol motifs (C(OH)–C–C–N with tert-alkyl or cyclic N) is 3. The fourth-order valence-electron chi connectivity index (χ4n) is 5.37. The van der Waals surface area contributed by atoms with Crippen molar-refractivity contribution in [1.82, 2.24) is 25.0 Å². The Morgan fingerprint density at radius 3 is 1.96 bits per heavy atom. The van der Waals surface area contributed by atoms with E-state index in [9.17, 15) is 30.0 Å². The molecule has 4 aromatic rings. The molecule has 298 valence electrons. The van der Waals surface area contributed by atoms with E-state index in [2.05, 4.69) is 36.3 Å². The summed E-state index contributed by atoms with van der Waals surface area (Å²) in [4.78, 5) is 28.4. The first-order valence-electron chi connectivity index (χ1n) is 17.8. The van der Waals surface area contributed by atoms with Crippen molar-refractivity contribution in [3.8, 4) is 11.5 Å². The fourth-order valence-corrected chi connectivity index (χ4v) is 6.67. The van der Waals surface area contributed by atoms with E-state index in [1.54, 1.807) is 29.2 Å². The van der Waals surface area contributed by atoms with Crippen molar-refractivity contribution in [3.63, 3.8) is 0 Å². The Morgan fingerprint density at radius 1 is 0.833 bits per heavy atom. The second kappa shape index (κ2) is 20.6. The third-order valence-electron chi connectivity index (χ3n) is 8.29. The minimum Gasteiger partial charge on any atom is -0.508 e. The Hall–Kier alpha value is -3.24. The van der Waals surface area contributed by atoms with Gasteiger partial charge in [-0.05, 0) is 83.5 Å². The number of aliphatic hydroxyl groups is 3. The van der Waals surface area contributed by atoms with Crippen molar-refractivity contribution < 1.29 is 30.3 Å². The van der Waals surface area contributed by atoms with Crippen molar-refractivity contribution in [2.24, 2.45) is 0 Å². The Kier molecular flexibility index (Phi) is 17.2. The quantitative estimate of drug-likeness (QED) is 0.114. The molecule has 15 heteroatoms. The van der Waals surface area contributed by atoms with Crippen LogP contribution in [0.1, 0.15) is 64.9 Å². The van der Waals surface area contributed by atoms with Gasteiger partial charge in [-0.1, -0.05) is 52.7 Å². The predicted molar refractivity (Wildman–Crippen MR) is 218 cm³/mol. The number of amides is 1. The monoisotopic (exact) mass is 807 g/mol. The number of piperazine rings is 1. The number of carbonyl (C=O) groups is 1. The highest BCUT2D eigenvalue weighted by Gasteiger charge is 2.22. The van der Waals surface area contributed by atoms with Crippen LogP contribution in [0.2, 0.25) is 10.0 Å². The van der Waals surface area contributed by atoms with E-state index in [0.717, 1.165) is 34.7 Å². The molecular weight excluding hydrogens is 753 g/mol. The van der Waals surface area contributed by atoms with Gasteiger partial charge in [0.15, 0.2) is 0 Å². The van der Waals surface area contributed by atoms with Gasteiger partial charge in [0.25, 0.3) is 0 Å². The molecular formula is C39H55Cl2N5O7S. The zero-order chi connectivity index (χ0) is 40.2. The van der Waals surface area contributed by atoms with Gasteiger partial charge in [-0.2, -0.15) is 0 Å². The number of fused-ring (bicyclic) bond motifs is 1. The van der Waals surface area contributed by atoms with Crippen LogP contribution in [-0.2, 0) is 11.3 Å². The van der Waals surface area contributed by atoms with Crippen LogP contribution in [0.3, 0.4) is 0 Å². The van der Waals surface area contributed by atoms with Gasteiger partial charge in [0, 0.05) is 78.6 Å². The highest BCUT2D eigenvalue weighted by atomic mass is 35.5. The lowest BCUT2D eigenvalue weighted by Crippen LogP contribution is -2.50. The average molecular weight is 809 g/mol. The Balaban J connectivity index is 0.000000226. The van der Waals surface area contributed by atoms with Crippen molar-refractivity contribution in [3.05, 3.63) is 91.5 Å². The molecule has 0 saturated carbocycles. The summed E-state index contributed by atoms with van der Waals surface area (Å²) in [5, 5.41) is 54.8. The van der Waals surface area contributed by atoms with Gasteiger partial charge in [-0.15, -0.1) is 0 Å². The van der Waals surface area contributed by atoms with E-state index in [1.165, 1.54) is 22.8 Å². The second-order valence-electron chi connectivity index (χ2n) is 15.1. The van der Waals surface area contributed by atoms with Gasteiger partial charge in [0.1, 0.15) is 18.0 Å². The maximum absolute atomic E-state index is 12.5. The molecule has 0 radical (unpaired) electrons. The molecule has 1 saturated heterocycles. The molecule has 5 rings (SSSR count). The summed E-state index contributed by atoms with van der Waals surface area (Å²) in [5.41, 5.74) is 1.90. The first-order chi connectivity index (χ1) is 25.3. The molecule has 1 amide bonds. The predicted octanol–water partition coefficient (Wildman–Crippen LogP) is 5.13. The molecule has 54 heavy (non-hydrogen) atoms. The average Bonchev–Trinajstić information content (AvgIpc) is 3.39. The smallest absolute Gasteiger partial charge is 0.308 e. The number of hydrogen-bond acceptors (Lipinski definition) is 11. The number of phenols is 2. The van der Waals surface area contributed by atoms with E-state index in [4.69, 9.17) is 28.3 Å². The molecule has 1 aliphatic heterocycles. The molecule has 2 atom stereocenters. The molecule has 7 N–H and O–H groups in total. The summed E-state index contributed by atoms with van der Waals surface area (Å²) >= 11 is 13.1. The van der Waals surface area contributed by atoms with Crippen molar-refractivity contribution in [2.75, 3.05) is 52.4 Å². The van der Waals surface area contributed by atoms with Gasteiger partial charge in [-0.3, -0.25) is 19.1 Å². The summed E-state index contributed by atoms with van der Waals surface area (Å²) in [6.07, 6.45) is -1.31. The first kappa shape index (κ1) is 45.2. The molecule has 1 fully saturated rings. The number of rotatable bonds is 10. The van der Waals surface area contributed by atoms with Gasteiger partial charge in [0.05, 0.1) is 29.0 Å². The molecule has 0 spiro atoms. The third-order valence-corrected chi connectivity index (χ3v) is 9.83. The standard InChI is InChI=1S/C15H18ClN3O3S.C12H18ClNO.C12H19NO3/c16-11-1-2-13-12(9-11)19(15(22)23-13)10-14(21)18-5-3-17(4-6-18)7-8-20;1-12(2,3)14-8-11(15)9-6-4-5-7-10(9)13;1-12(2,3)13-7-11(16)8-4-9(14)6-10(15)5-8/h1-2,9,20H,3-8,10H2;4-7,11,14-15H,8H2,1-3H3;4-6,11,13-16H,7H2,1-3H3/t;;11-/m..0/s1. The lowest BCUT2D eigenvalue weighted by Gasteiger charge is -2.34. The number of thiazole rings is 1. The zero-order valence-electron chi connectivity index (χ0n) is 31.9. The van der Waals surface area contributed by atoms with Crippen LogP contribution in [0.15, 0.2) is 65.5 Å². The Bertz CT molecular complexity index is 1830. The maximum atomic E-state index is 12.5. The molecule has 2 heterocycles. The summed E-state index contributed by atoms with van der Waals surface area (Å²) in [6.45, 7) is 16.6. The van der Waals surface area contributed by atoms with Crippen LogP contribution >= 0.6 is 34.5 Å². The fraction of sp³-hybridized carbons (Fsp3) is 0.487. The van der Waals surface area contributed by atoms with Crippen LogP contribution in [0.25, 0.3) is 10.2 Å². The van der Waals surface area contributed by atoms with Gasteiger partial charge < -0.3 is 41.1 Å². The molecule has 1 aliphatic rings. The van der Waals surface area contributed by atoms with E-state index >= 15 is 0 Å². The van der Waals surface area contributed by atoms with Crippen LogP contribution in [0.4, 0.5) is 0 Å². The number of aliphatic hydroxyl groups excluding tert-OH is 3. The minimum atomic E-state index is -0.753. The Labute approximate surface area is 331 Å². The molecule has 1 aromatic heterocycles. The van der Waals surface area contributed by atoms with Crippen LogP contribution in [0.5, 0.6) is 11.5 Å². The summed E-state index contributed by atoms with van der Waals surface area (Å²) in [7, 11) is 0. The lowest BCUT2D eigenvalue weighted by molar-refractivity contribution is -0.133. The number of phenolic OH excluding ortho intramolecular Hbond substituents is 2. The van der Waals surface area contributed by atoms with Crippen molar-refractivity contribution in [2.45, 2.75) is 71.4 Å². The number of aromatic hydroxyl groups is 2. The highest BCUT2D eigenvalue weighted by Crippen LogP contribution is 2.25. The number of nitrogens with zero attached hydrogens (tertiary/aromatic N) is 3. The molecule has 3 aromatic carbocycles. The number of aromatic nitrogens is 1. The SMILES string of the molecule is CC(C)(C)NCC(O)c1ccccc1Cl.CC(C)(C)NC[C@H](O)c1cc(O)cc(O)c1.O=C(Cn1c(=O)sc2ccc(Cl)cc21)N1CCN(CCO)CC1. The number of carbonyl (C=O) groups excluding carboxylic acids is 1. The molecule has 0 bridgehead atoms. The van der Waals surface area contributed by atoms with Crippen molar-refractivity contribution >= 4 is 50.7 Å². The summed E-state index contributed by atoms with van der Waals surface area (Å²) in [5.74, 6) is -0.162. The number of nitrogens with one attached hydrogen (secondary N) is 2. The van der Waals surface area contributed by atoms with Crippen LogP contribution in [-0.4, -0.2) is 109 Å². The van der Waals surface area contributed by atoms with E-state index < -0.39 is 12.2 Å². The molecule has 12 nitrogen and oxygen atoms in total. The normalized spacial score (nSPS) is 14.8. The number of benzene rings is 3. The topological polar surface area (TPSA) is 171 Å². The van der Waals surface area contributed by atoms with Gasteiger partial charge >= 0.3 is 4.87 Å². The van der Waals surface area contributed by atoms with E-state index in [-0.39, 0.29) is 46.5 Å². The third kappa shape index (κ3) is 15.1. The second-order valence-corrected chi connectivity index (χ2v) is 16.9. The largest absolute Gasteiger partial charge is 0.508 e.